The van der Waals surface area contributed by atoms with Crippen LogP contribution in [0.5, 0.6) is 0 Å². The van der Waals surface area contributed by atoms with Crippen LogP contribution in [0, 0.1) is 0 Å². The first-order chi connectivity index (χ1) is 9.45. The predicted molar refractivity (Wildman–Crippen MR) is 75.2 cm³/mol. The number of alkyl halides is 3. The van der Waals surface area contributed by atoms with Crippen LogP contribution in [0.3, 0.4) is 0 Å². The summed E-state index contributed by atoms with van der Waals surface area (Å²) in [7, 11) is 0. The van der Waals surface area contributed by atoms with Gasteiger partial charge in [-0.15, -0.1) is 0 Å². The molecule has 20 heavy (non-hydrogen) atoms. The van der Waals surface area contributed by atoms with Crippen LogP contribution in [0.2, 0.25) is 5.02 Å². The zero-order chi connectivity index (χ0) is 14.6. The molecule has 112 valence electrons. The standard InChI is InChI=1S/C14H18ClF3N2/c15-12-8-11(14(16,17)18)9-13(10-12)19-4-3-7-20-5-1-2-6-20/h8-10,19H,1-7H2. The maximum absolute atomic E-state index is 12.6. The van der Waals surface area contributed by atoms with E-state index in [9.17, 15) is 13.2 Å². The lowest BCUT2D eigenvalue weighted by Gasteiger charge is -2.15. The summed E-state index contributed by atoms with van der Waals surface area (Å²) in [5, 5.41) is 3.11. The Balaban J connectivity index is 1.84. The zero-order valence-electron chi connectivity index (χ0n) is 11.1. The van der Waals surface area contributed by atoms with Gasteiger partial charge >= 0.3 is 6.18 Å². The lowest BCUT2D eigenvalue weighted by atomic mass is 10.2. The van der Waals surface area contributed by atoms with Gasteiger partial charge in [-0.2, -0.15) is 13.2 Å². The first-order valence-corrected chi connectivity index (χ1v) is 7.17. The Labute approximate surface area is 121 Å². The van der Waals surface area contributed by atoms with Gasteiger partial charge in [0.15, 0.2) is 0 Å². The Bertz CT molecular complexity index is 443. The largest absolute Gasteiger partial charge is 0.416 e. The molecule has 0 aliphatic carbocycles. The Morgan fingerprint density at radius 1 is 1.15 bits per heavy atom. The molecule has 0 unspecified atom stereocenters. The molecule has 0 atom stereocenters. The van der Waals surface area contributed by atoms with Crippen LogP contribution in [0.4, 0.5) is 18.9 Å². The molecule has 1 aliphatic rings. The van der Waals surface area contributed by atoms with Crippen LogP contribution in [0.15, 0.2) is 18.2 Å². The summed E-state index contributed by atoms with van der Waals surface area (Å²) in [6, 6.07) is 3.56. The molecule has 0 spiro atoms. The van der Waals surface area contributed by atoms with E-state index >= 15 is 0 Å². The summed E-state index contributed by atoms with van der Waals surface area (Å²) in [4.78, 5) is 2.38. The van der Waals surface area contributed by atoms with E-state index in [1.165, 1.54) is 18.9 Å². The molecule has 0 bridgehead atoms. The molecule has 0 radical (unpaired) electrons. The maximum atomic E-state index is 12.6. The van der Waals surface area contributed by atoms with Gasteiger partial charge in [0.05, 0.1) is 5.56 Å². The topological polar surface area (TPSA) is 15.3 Å². The fourth-order valence-corrected chi connectivity index (χ4v) is 2.63. The lowest BCUT2D eigenvalue weighted by molar-refractivity contribution is -0.137. The highest BCUT2D eigenvalue weighted by Crippen LogP contribution is 2.33. The van der Waals surface area contributed by atoms with E-state index in [0.717, 1.165) is 38.2 Å². The van der Waals surface area contributed by atoms with Gasteiger partial charge in [0.25, 0.3) is 0 Å². The predicted octanol–water partition coefficient (Wildman–Crippen LogP) is 4.26. The molecule has 0 amide bonds. The van der Waals surface area contributed by atoms with Crippen molar-refractivity contribution in [3.63, 3.8) is 0 Å². The minimum absolute atomic E-state index is 0.0990. The quantitative estimate of drug-likeness (QED) is 0.818. The number of nitrogens with zero attached hydrogens (tertiary/aromatic N) is 1. The van der Waals surface area contributed by atoms with Crippen molar-refractivity contribution < 1.29 is 13.2 Å². The average Bonchev–Trinajstić information content (AvgIpc) is 2.86. The molecule has 1 N–H and O–H groups in total. The van der Waals surface area contributed by atoms with E-state index < -0.39 is 11.7 Å². The number of likely N-dealkylation sites (tertiary alicyclic amines) is 1. The van der Waals surface area contributed by atoms with Crippen molar-refractivity contribution >= 4 is 17.3 Å². The summed E-state index contributed by atoms with van der Waals surface area (Å²) in [6.45, 7) is 3.90. The van der Waals surface area contributed by atoms with Gasteiger partial charge < -0.3 is 10.2 Å². The number of hydrogen-bond acceptors (Lipinski definition) is 2. The molecule has 1 aliphatic heterocycles. The van der Waals surface area contributed by atoms with Crippen LogP contribution < -0.4 is 5.32 Å². The SMILES string of the molecule is FC(F)(F)c1cc(Cl)cc(NCCCN2CCCC2)c1. The van der Waals surface area contributed by atoms with Crippen molar-refractivity contribution in [3.8, 4) is 0 Å². The minimum Gasteiger partial charge on any atom is -0.385 e. The van der Waals surface area contributed by atoms with Crippen LogP contribution in [-0.2, 0) is 6.18 Å². The third kappa shape index (κ3) is 4.56. The summed E-state index contributed by atoms with van der Waals surface area (Å²) >= 11 is 5.72. The lowest BCUT2D eigenvalue weighted by Crippen LogP contribution is -2.22. The number of halogens is 4. The summed E-state index contributed by atoms with van der Waals surface area (Å²) in [5.41, 5.74) is -0.293. The molecule has 1 aromatic carbocycles. The van der Waals surface area contributed by atoms with Crippen LogP contribution in [-0.4, -0.2) is 31.1 Å². The van der Waals surface area contributed by atoms with Crippen molar-refractivity contribution in [2.45, 2.75) is 25.4 Å². The van der Waals surface area contributed by atoms with Crippen LogP contribution in [0.1, 0.15) is 24.8 Å². The van der Waals surface area contributed by atoms with E-state index in [0.29, 0.717) is 12.2 Å². The number of anilines is 1. The molecule has 0 saturated carbocycles. The normalized spacial score (nSPS) is 16.6. The van der Waals surface area contributed by atoms with E-state index in [1.807, 2.05) is 0 Å². The van der Waals surface area contributed by atoms with Crippen molar-refractivity contribution in [3.05, 3.63) is 28.8 Å². The minimum atomic E-state index is -4.36. The Morgan fingerprint density at radius 2 is 1.85 bits per heavy atom. The molecular formula is C14H18ClF3N2. The Kier molecular flexibility index (Phi) is 5.16. The van der Waals surface area contributed by atoms with Gasteiger partial charge in [-0.25, -0.2) is 0 Å². The number of hydrogen-bond donors (Lipinski definition) is 1. The molecule has 1 heterocycles. The third-order valence-electron chi connectivity index (χ3n) is 3.40. The summed E-state index contributed by atoms with van der Waals surface area (Å²) < 4.78 is 37.9. The molecule has 1 aromatic rings. The van der Waals surface area contributed by atoms with Gasteiger partial charge in [0, 0.05) is 17.3 Å². The van der Waals surface area contributed by atoms with Gasteiger partial charge in [0.1, 0.15) is 0 Å². The number of benzene rings is 1. The number of nitrogens with one attached hydrogen (secondary N) is 1. The fraction of sp³-hybridized carbons (Fsp3) is 0.571. The summed E-state index contributed by atoms with van der Waals surface area (Å²) in [5.74, 6) is 0. The smallest absolute Gasteiger partial charge is 0.385 e. The van der Waals surface area contributed by atoms with E-state index in [-0.39, 0.29) is 5.02 Å². The van der Waals surface area contributed by atoms with Crippen LogP contribution in [0.25, 0.3) is 0 Å². The molecule has 1 saturated heterocycles. The highest BCUT2D eigenvalue weighted by Gasteiger charge is 2.31. The molecule has 2 rings (SSSR count). The Hall–Kier alpha value is -0.940. The molecule has 2 nitrogen and oxygen atoms in total. The highest BCUT2D eigenvalue weighted by molar-refractivity contribution is 6.30. The number of rotatable bonds is 5. The van der Waals surface area contributed by atoms with Crippen LogP contribution >= 0.6 is 11.6 Å². The van der Waals surface area contributed by atoms with E-state index in [2.05, 4.69) is 10.2 Å². The van der Waals surface area contributed by atoms with Crippen molar-refractivity contribution in [1.82, 2.24) is 4.90 Å². The second-order valence-corrected chi connectivity index (χ2v) is 5.49. The zero-order valence-corrected chi connectivity index (χ0v) is 11.9. The second kappa shape index (κ2) is 6.68. The van der Waals surface area contributed by atoms with Gasteiger partial charge in [0.2, 0.25) is 0 Å². The first-order valence-electron chi connectivity index (χ1n) is 6.79. The van der Waals surface area contributed by atoms with E-state index in [4.69, 9.17) is 11.6 Å². The fourth-order valence-electron chi connectivity index (χ4n) is 2.40. The average molecular weight is 307 g/mol. The Morgan fingerprint density at radius 3 is 2.50 bits per heavy atom. The van der Waals surface area contributed by atoms with Gasteiger partial charge in [-0.3, -0.25) is 0 Å². The first kappa shape index (κ1) is 15.4. The van der Waals surface area contributed by atoms with Crippen molar-refractivity contribution in [2.24, 2.45) is 0 Å². The highest BCUT2D eigenvalue weighted by atomic mass is 35.5. The summed E-state index contributed by atoms with van der Waals surface area (Å²) in [6.07, 6.45) is -0.960. The third-order valence-corrected chi connectivity index (χ3v) is 3.62. The van der Waals surface area contributed by atoms with Crippen molar-refractivity contribution in [1.29, 1.82) is 0 Å². The van der Waals surface area contributed by atoms with Crippen molar-refractivity contribution in [2.75, 3.05) is 31.5 Å². The second-order valence-electron chi connectivity index (χ2n) is 5.06. The van der Waals surface area contributed by atoms with Gasteiger partial charge in [-0.1, -0.05) is 11.6 Å². The molecule has 0 aromatic heterocycles. The maximum Gasteiger partial charge on any atom is 0.416 e. The molecule has 6 heteroatoms. The molecular weight excluding hydrogens is 289 g/mol. The van der Waals surface area contributed by atoms with E-state index in [1.54, 1.807) is 0 Å². The molecule has 1 fully saturated rings. The monoisotopic (exact) mass is 306 g/mol. The van der Waals surface area contributed by atoms with Gasteiger partial charge in [-0.05, 0) is 57.1 Å².